The molecule has 3 amide bonds. The summed E-state index contributed by atoms with van der Waals surface area (Å²) in [6, 6.07) is 14.0. The van der Waals surface area contributed by atoms with Crippen molar-refractivity contribution in [1.82, 2.24) is 10.0 Å². The summed E-state index contributed by atoms with van der Waals surface area (Å²) in [6.07, 6.45) is 1.07. The number of alkyl halides is 2. The van der Waals surface area contributed by atoms with E-state index in [-0.39, 0.29) is 38.6 Å². The van der Waals surface area contributed by atoms with E-state index in [4.69, 9.17) is 11.6 Å². The Bertz CT molecular complexity index is 1000. The van der Waals surface area contributed by atoms with E-state index in [0.29, 0.717) is 12.8 Å². The van der Waals surface area contributed by atoms with Gasteiger partial charge in [0.1, 0.15) is 0 Å². The van der Waals surface area contributed by atoms with Crippen LogP contribution < -0.4 is 0 Å². The fraction of sp³-hybridized carbons (Fsp3) is 0.318. The average molecular weight is 634 g/mol. The van der Waals surface area contributed by atoms with Crippen LogP contribution in [0.15, 0.2) is 53.0 Å². The molecule has 1 saturated heterocycles. The second-order valence-corrected chi connectivity index (χ2v) is 11.3. The Morgan fingerprint density at radius 2 is 1.52 bits per heavy atom. The molecule has 9 heteroatoms. The van der Waals surface area contributed by atoms with Gasteiger partial charge in [0.05, 0.1) is 29.0 Å². The maximum Gasteiger partial charge on any atom is 0.274 e. The summed E-state index contributed by atoms with van der Waals surface area (Å²) in [5.74, 6) is -2.05. The number of amides is 3. The van der Waals surface area contributed by atoms with Crippen molar-refractivity contribution in [2.45, 2.75) is 29.0 Å². The SMILES string of the molecule is O=C(c1ccccc1Cl)N(Cc1ccc(Br)cc1)N1C(=O)[C@H]2C[C@H](Br)[C@@H](Br)C[C@H]2C1=O. The number of hydrogen-bond acceptors (Lipinski definition) is 3. The lowest BCUT2D eigenvalue weighted by Gasteiger charge is -2.31. The zero-order valence-electron chi connectivity index (χ0n) is 16.2. The minimum absolute atomic E-state index is 0.0732. The van der Waals surface area contributed by atoms with Crippen LogP contribution in [0.4, 0.5) is 0 Å². The van der Waals surface area contributed by atoms with Gasteiger partial charge >= 0.3 is 0 Å². The molecular formula is C22H18Br3ClN2O3. The fourth-order valence-corrected chi connectivity index (χ4v) is 5.80. The first-order valence-corrected chi connectivity index (χ1v) is 12.7. The van der Waals surface area contributed by atoms with E-state index < -0.39 is 17.7 Å². The van der Waals surface area contributed by atoms with Gasteiger partial charge in [-0.05, 0) is 42.7 Å². The molecule has 0 bridgehead atoms. The molecule has 0 radical (unpaired) electrons. The highest BCUT2D eigenvalue weighted by Crippen LogP contribution is 2.44. The van der Waals surface area contributed by atoms with E-state index in [9.17, 15) is 14.4 Å². The molecule has 1 aliphatic heterocycles. The predicted octanol–water partition coefficient (Wildman–Crippen LogP) is 5.58. The third-order valence-corrected chi connectivity index (χ3v) is 9.31. The fourth-order valence-electron chi connectivity index (χ4n) is 4.09. The molecule has 0 N–H and O–H groups in total. The molecule has 4 atom stereocenters. The van der Waals surface area contributed by atoms with Gasteiger partial charge in [-0.15, -0.1) is 0 Å². The van der Waals surface area contributed by atoms with Crippen LogP contribution in [0, 0.1) is 11.8 Å². The first-order chi connectivity index (χ1) is 14.8. The average Bonchev–Trinajstić information content (AvgIpc) is 2.98. The second kappa shape index (κ2) is 9.33. The van der Waals surface area contributed by atoms with Gasteiger partial charge in [0.25, 0.3) is 17.7 Å². The number of hydrazine groups is 1. The van der Waals surface area contributed by atoms with Gasteiger partial charge in [0.2, 0.25) is 0 Å². The number of imide groups is 1. The first kappa shape index (κ1) is 23.0. The zero-order valence-corrected chi connectivity index (χ0v) is 21.7. The highest BCUT2D eigenvalue weighted by Gasteiger charge is 2.54. The Balaban J connectivity index is 1.72. The van der Waals surface area contributed by atoms with Crippen LogP contribution in [0.1, 0.15) is 28.8 Å². The summed E-state index contributed by atoms with van der Waals surface area (Å²) in [4.78, 5) is 40.4. The zero-order chi connectivity index (χ0) is 22.3. The lowest BCUT2D eigenvalue weighted by atomic mass is 9.81. The number of hydrogen-bond donors (Lipinski definition) is 0. The van der Waals surface area contributed by atoms with E-state index in [1.807, 2.05) is 24.3 Å². The predicted molar refractivity (Wildman–Crippen MR) is 129 cm³/mol. The van der Waals surface area contributed by atoms with Crippen LogP contribution in [-0.4, -0.2) is 37.4 Å². The van der Waals surface area contributed by atoms with Gasteiger partial charge in [0.15, 0.2) is 0 Å². The molecule has 5 nitrogen and oxygen atoms in total. The Hall–Kier alpha value is -1.22. The van der Waals surface area contributed by atoms with E-state index in [2.05, 4.69) is 47.8 Å². The Morgan fingerprint density at radius 3 is 2.06 bits per heavy atom. The third-order valence-electron chi connectivity index (χ3n) is 5.71. The molecular weight excluding hydrogens is 615 g/mol. The van der Waals surface area contributed by atoms with Crippen molar-refractivity contribution in [2.24, 2.45) is 11.8 Å². The smallest absolute Gasteiger partial charge is 0.272 e. The minimum Gasteiger partial charge on any atom is -0.272 e. The van der Waals surface area contributed by atoms with E-state index in [1.54, 1.807) is 24.3 Å². The molecule has 1 aliphatic carbocycles. The van der Waals surface area contributed by atoms with Crippen molar-refractivity contribution in [3.63, 3.8) is 0 Å². The van der Waals surface area contributed by atoms with Crippen LogP contribution >= 0.6 is 59.4 Å². The number of halogens is 4. The van der Waals surface area contributed by atoms with Crippen LogP contribution in [0.3, 0.4) is 0 Å². The molecule has 4 rings (SSSR count). The van der Waals surface area contributed by atoms with Gasteiger partial charge in [-0.25, -0.2) is 5.01 Å². The Morgan fingerprint density at radius 1 is 0.968 bits per heavy atom. The summed E-state index contributed by atoms with van der Waals surface area (Å²) in [5, 5.41) is 2.55. The summed E-state index contributed by atoms with van der Waals surface area (Å²) in [5.41, 5.74) is 1.03. The molecule has 2 fully saturated rings. The highest BCUT2D eigenvalue weighted by molar-refractivity contribution is 9.12. The largest absolute Gasteiger partial charge is 0.274 e. The summed E-state index contributed by atoms with van der Waals surface area (Å²) >= 11 is 16.9. The molecule has 31 heavy (non-hydrogen) atoms. The molecule has 0 unspecified atom stereocenters. The highest BCUT2D eigenvalue weighted by atomic mass is 79.9. The maximum absolute atomic E-state index is 13.5. The Labute approximate surface area is 210 Å². The minimum atomic E-state index is -0.486. The maximum atomic E-state index is 13.5. The van der Waals surface area contributed by atoms with Gasteiger partial charge in [-0.3, -0.25) is 14.4 Å². The monoisotopic (exact) mass is 630 g/mol. The molecule has 1 heterocycles. The van der Waals surface area contributed by atoms with Crippen LogP contribution in [0.25, 0.3) is 0 Å². The lowest BCUT2D eigenvalue weighted by Crippen LogP contribution is -2.49. The number of carbonyl (C=O) groups excluding carboxylic acids is 3. The van der Waals surface area contributed by atoms with Crippen LogP contribution in [0.5, 0.6) is 0 Å². The van der Waals surface area contributed by atoms with Crippen molar-refractivity contribution in [1.29, 1.82) is 0 Å². The Kier molecular flexibility index (Phi) is 6.91. The second-order valence-electron chi connectivity index (χ2n) is 7.67. The van der Waals surface area contributed by atoms with Gasteiger partial charge in [-0.2, -0.15) is 5.01 Å². The van der Waals surface area contributed by atoms with E-state index in [1.165, 1.54) is 5.01 Å². The number of nitrogens with zero attached hydrogens (tertiary/aromatic N) is 2. The number of rotatable bonds is 4. The standard InChI is InChI=1S/C22H18Br3ClN2O3/c23-13-7-5-12(6-8-13)11-27(20(29)14-3-1-2-4-19(14)26)28-21(30)15-9-17(24)18(25)10-16(15)22(28)31/h1-8,15-18H,9-11H2/t15-,16+,17-,18-/m0/s1. The molecule has 162 valence electrons. The van der Waals surface area contributed by atoms with Crippen molar-refractivity contribution in [2.75, 3.05) is 0 Å². The molecule has 0 spiro atoms. The quantitative estimate of drug-likeness (QED) is 0.327. The lowest BCUT2D eigenvalue weighted by molar-refractivity contribution is -0.155. The first-order valence-electron chi connectivity index (χ1n) is 9.74. The van der Waals surface area contributed by atoms with Crippen molar-refractivity contribution < 1.29 is 14.4 Å². The normalized spacial score (nSPS) is 25.5. The molecule has 0 aromatic heterocycles. The van der Waals surface area contributed by atoms with E-state index in [0.717, 1.165) is 15.0 Å². The molecule has 1 saturated carbocycles. The van der Waals surface area contributed by atoms with Crippen molar-refractivity contribution >= 4 is 77.1 Å². The van der Waals surface area contributed by atoms with Crippen LogP contribution in [-0.2, 0) is 16.1 Å². The van der Waals surface area contributed by atoms with Crippen molar-refractivity contribution in [3.05, 3.63) is 69.2 Å². The van der Waals surface area contributed by atoms with Gasteiger partial charge < -0.3 is 0 Å². The van der Waals surface area contributed by atoms with E-state index >= 15 is 0 Å². The summed E-state index contributed by atoms with van der Waals surface area (Å²) < 4.78 is 0.895. The molecule has 2 aromatic rings. The summed E-state index contributed by atoms with van der Waals surface area (Å²) in [7, 11) is 0. The summed E-state index contributed by atoms with van der Waals surface area (Å²) in [6.45, 7) is 0.0732. The number of carbonyl (C=O) groups is 3. The number of benzene rings is 2. The number of fused-ring (bicyclic) bond motifs is 1. The topological polar surface area (TPSA) is 57.7 Å². The van der Waals surface area contributed by atoms with Crippen molar-refractivity contribution in [3.8, 4) is 0 Å². The van der Waals surface area contributed by atoms with Gasteiger partial charge in [-0.1, -0.05) is 83.7 Å². The van der Waals surface area contributed by atoms with Crippen LogP contribution in [0.2, 0.25) is 5.02 Å². The molecule has 2 aliphatic rings. The van der Waals surface area contributed by atoms with Gasteiger partial charge in [0, 0.05) is 14.1 Å². The molecule has 2 aromatic carbocycles. The third kappa shape index (κ3) is 4.49.